The van der Waals surface area contributed by atoms with Crippen LogP contribution in [0.4, 0.5) is 0 Å². The summed E-state index contributed by atoms with van der Waals surface area (Å²) < 4.78 is 5.52. The zero-order valence-corrected chi connectivity index (χ0v) is 12.7. The van der Waals surface area contributed by atoms with Crippen LogP contribution in [0.5, 0.6) is 0 Å². The van der Waals surface area contributed by atoms with E-state index in [9.17, 15) is 4.79 Å². The molecular formula is C18H20N2O2. The van der Waals surface area contributed by atoms with Crippen LogP contribution in [0.25, 0.3) is 11.1 Å². The van der Waals surface area contributed by atoms with Gasteiger partial charge < -0.3 is 10.1 Å². The molecule has 1 aliphatic heterocycles. The fourth-order valence-electron chi connectivity index (χ4n) is 2.72. The fraction of sp³-hybridized carbons (Fsp3) is 0.333. The van der Waals surface area contributed by atoms with Crippen molar-refractivity contribution in [1.82, 2.24) is 10.3 Å². The highest BCUT2D eigenvalue weighted by atomic mass is 16.5. The molecule has 1 unspecified atom stereocenters. The Morgan fingerprint density at radius 1 is 1.36 bits per heavy atom. The number of aromatic nitrogens is 1. The largest absolute Gasteiger partial charge is 0.376 e. The molecule has 0 aliphatic carbocycles. The Balaban J connectivity index is 1.73. The van der Waals surface area contributed by atoms with Gasteiger partial charge in [0, 0.05) is 31.1 Å². The molecular weight excluding hydrogens is 276 g/mol. The summed E-state index contributed by atoms with van der Waals surface area (Å²) in [6.07, 6.45) is 5.63. The number of carbonyl (C=O) groups is 1. The normalized spacial score (nSPS) is 17.4. The second kappa shape index (κ2) is 6.71. The average Bonchev–Trinajstić information content (AvgIpc) is 3.06. The molecule has 4 heteroatoms. The summed E-state index contributed by atoms with van der Waals surface area (Å²) in [5.41, 5.74) is 3.81. The quantitative estimate of drug-likeness (QED) is 0.943. The molecule has 1 saturated heterocycles. The molecule has 0 bridgehead atoms. The Hall–Kier alpha value is -2.20. The summed E-state index contributed by atoms with van der Waals surface area (Å²) in [6, 6.07) is 9.98. The molecule has 1 amide bonds. The Labute approximate surface area is 130 Å². The Morgan fingerprint density at radius 2 is 2.23 bits per heavy atom. The van der Waals surface area contributed by atoms with Crippen molar-refractivity contribution in [2.24, 2.45) is 0 Å². The summed E-state index contributed by atoms with van der Waals surface area (Å²) in [5.74, 6) is -0.0987. The molecule has 1 aromatic carbocycles. The Bertz CT molecular complexity index is 664. The average molecular weight is 296 g/mol. The second-order valence-electron chi connectivity index (χ2n) is 5.62. The maximum atomic E-state index is 12.3. The number of ether oxygens (including phenoxy) is 1. The van der Waals surface area contributed by atoms with E-state index in [1.54, 1.807) is 12.4 Å². The molecule has 4 nitrogen and oxygen atoms in total. The maximum absolute atomic E-state index is 12.3. The molecule has 0 radical (unpaired) electrons. The van der Waals surface area contributed by atoms with Crippen molar-refractivity contribution in [1.29, 1.82) is 0 Å². The van der Waals surface area contributed by atoms with Gasteiger partial charge >= 0.3 is 0 Å². The zero-order chi connectivity index (χ0) is 15.4. The number of benzene rings is 1. The first-order chi connectivity index (χ1) is 10.7. The number of rotatable bonds is 4. The third-order valence-electron chi connectivity index (χ3n) is 3.97. The minimum Gasteiger partial charge on any atom is -0.376 e. The Kier molecular flexibility index (Phi) is 4.49. The second-order valence-corrected chi connectivity index (χ2v) is 5.62. The van der Waals surface area contributed by atoms with E-state index in [-0.39, 0.29) is 12.0 Å². The molecule has 1 fully saturated rings. The van der Waals surface area contributed by atoms with Crippen molar-refractivity contribution < 1.29 is 9.53 Å². The van der Waals surface area contributed by atoms with Crippen LogP contribution >= 0.6 is 0 Å². The zero-order valence-electron chi connectivity index (χ0n) is 12.7. The van der Waals surface area contributed by atoms with Crippen molar-refractivity contribution in [2.75, 3.05) is 13.2 Å². The van der Waals surface area contributed by atoms with Crippen LogP contribution in [0, 0.1) is 6.92 Å². The summed E-state index contributed by atoms with van der Waals surface area (Å²) in [7, 11) is 0. The van der Waals surface area contributed by atoms with Gasteiger partial charge in [0.1, 0.15) is 0 Å². The first kappa shape index (κ1) is 14.7. The fourth-order valence-corrected chi connectivity index (χ4v) is 2.72. The predicted molar refractivity (Wildman–Crippen MR) is 85.7 cm³/mol. The minimum atomic E-state index is -0.0987. The van der Waals surface area contributed by atoms with Crippen molar-refractivity contribution in [2.45, 2.75) is 25.9 Å². The van der Waals surface area contributed by atoms with Crippen LogP contribution in [-0.4, -0.2) is 30.1 Å². The first-order valence-corrected chi connectivity index (χ1v) is 7.65. The molecule has 3 rings (SSSR count). The van der Waals surface area contributed by atoms with Crippen LogP contribution in [-0.2, 0) is 4.74 Å². The topological polar surface area (TPSA) is 51.2 Å². The lowest BCUT2D eigenvalue weighted by atomic mass is 10.0. The molecule has 1 aliphatic rings. The lowest BCUT2D eigenvalue weighted by Crippen LogP contribution is -2.31. The first-order valence-electron chi connectivity index (χ1n) is 7.65. The lowest BCUT2D eigenvalue weighted by Gasteiger charge is -2.11. The van der Waals surface area contributed by atoms with E-state index in [2.05, 4.69) is 23.3 Å². The SMILES string of the molecule is Cc1ccccc1-c1cncc(C(=O)NCC2CCCO2)c1. The van der Waals surface area contributed by atoms with Gasteiger partial charge in [0.05, 0.1) is 11.7 Å². The number of amides is 1. The van der Waals surface area contributed by atoms with E-state index in [0.29, 0.717) is 12.1 Å². The van der Waals surface area contributed by atoms with Crippen LogP contribution in [0.15, 0.2) is 42.7 Å². The molecule has 2 aromatic rings. The van der Waals surface area contributed by atoms with E-state index < -0.39 is 0 Å². The summed E-state index contributed by atoms with van der Waals surface area (Å²) in [4.78, 5) is 16.5. The number of nitrogens with zero attached hydrogens (tertiary/aromatic N) is 1. The van der Waals surface area contributed by atoms with E-state index in [1.165, 1.54) is 5.56 Å². The molecule has 0 saturated carbocycles. The third kappa shape index (κ3) is 3.34. The van der Waals surface area contributed by atoms with Gasteiger partial charge in [-0.15, -0.1) is 0 Å². The van der Waals surface area contributed by atoms with Crippen molar-refractivity contribution in [3.05, 3.63) is 53.9 Å². The van der Waals surface area contributed by atoms with Gasteiger partial charge in [-0.05, 0) is 37.0 Å². The van der Waals surface area contributed by atoms with Crippen LogP contribution in [0.2, 0.25) is 0 Å². The number of pyridine rings is 1. The molecule has 1 aromatic heterocycles. The lowest BCUT2D eigenvalue weighted by molar-refractivity contribution is 0.0857. The smallest absolute Gasteiger partial charge is 0.252 e. The maximum Gasteiger partial charge on any atom is 0.252 e. The number of hydrogen-bond acceptors (Lipinski definition) is 3. The summed E-state index contributed by atoms with van der Waals surface area (Å²) >= 11 is 0. The van der Waals surface area contributed by atoms with Gasteiger partial charge in [0.25, 0.3) is 5.91 Å². The molecule has 22 heavy (non-hydrogen) atoms. The predicted octanol–water partition coefficient (Wildman–Crippen LogP) is 2.97. The number of nitrogens with one attached hydrogen (secondary N) is 1. The molecule has 1 N–H and O–H groups in total. The highest BCUT2D eigenvalue weighted by molar-refractivity contribution is 5.95. The monoisotopic (exact) mass is 296 g/mol. The van der Waals surface area contributed by atoms with E-state index in [0.717, 1.165) is 30.6 Å². The van der Waals surface area contributed by atoms with Crippen LogP contribution < -0.4 is 5.32 Å². The standard InChI is InChI=1S/C18H20N2O2/c1-13-5-2-3-7-17(13)14-9-15(11-19-10-14)18(21)20-12-16-6-4-8-22-16/h2-3,5,7,9-11,16H,4,6,8,12H2,1H3,(H,20,21). The molecule has 2 heterocycles. The minimum absolute atomic E-state index is 0.0987. The number of hydrogen-bond donors (Lipinski definition) is 1. The van der Waals surface area contributed by atoms with Gasteiger partial charge in [-0.3, -0.25) is 9.78 Å². The van der Waals surface area contributed by atoms with Gasteiger partial charge in [-0.25, -0.2) is 0 Å². The van der Waals surface area contributed by atoms with Crippen LogP contribution in [0.1, 0.15) is 28.8 Å². The highest BCUT2D eigenvalue weighted by Crippen LogP contribution is 2.23. The van der Waals surface area contributed by atoms with Gasteiger partial charge in [0.2, 0.25) is 0 Å². The van der Waals surface area contributed by atoms with Crippen molar-refractivity contribution >= 4 is 5.91 Å². The summed E-state index contributed by atoms with van der Waals surface area (Å²) in [5, 5.41) is 2.93. The van der Waals surface area contributed by atoms with Crippen molar-refractivity contribution in [3.8, 4) is 11.1 Å². The third-order valence-corrected chi connectivity index (χ3v) is 3.97. The molecule has 1 atom stereocenters. The number of aryl methyl sites for hydroxylation is 1. The van der Waals surface area contributed by atoms with Gasteiger partial charge in [-0.1, -0.05) is 24.3 Å². The van der Waals surface area contributed by atoms with Crippen molar-refractivity contribution in [3.63, 3.8) is 0 Å². The molecule has 0 spiro atoms. The highest BCUT2D eigenvalue weighted by Gasteiger charge is 2.17. The van der Waals surface area contributed by atoms with Crippen LogP contribution in [0.3, 0.4) is 0 Å². The number of carbonyl (C=O) groups excluding carboxylic acids is 1. The Morgan fingerprint density at radius 3 is 3.00 bits per heavy atom. The van der Waals surface area contributed by atoms with Gasteiger partial charge in [0.15, 0.2) is 0 Å². The van der Waals surface area contributed by atoms with Gasteiger partial charge in [-0.2, -0.15) is 0 Å². The summed E-state index contributed by atoms with van der Waals surface area (Å²) in [6.45, 7) is 3.41. The van der Waals surface area contributed by atoms with E-state index in [4.69, 9.17) is 4.74 Å². The molecule has 114 valence electrons. The van der Waals surface area contributed by atoms with E-state index >= 15 is 0 Å². The van der Waals surface area contributed by atoms with E-state index in [1.807, 2.05) is 24.3 Å².